The summed E-state index contributed by atoms with van der Waals surface area (Å²) in [5.74, 6) is 0.0926. The van der Waals surface area contributed by atoms with Crippen molar-refractivity contribution in [3.05, 3.63) is 0 Å². The van der Waals surface area contributed by atoms with Gasteiger partial charge in [-0.25, -0.2) is 12.7 Å². The molecule has 0 spiro atoms. The molecule has 0 unspecified atom stereocenters. The summed E-state index contributed by atoms with van der Waals surface area (Å²) in [4.78, 5) is 14.4. The molecule has 11 heteroatoms. The number of hydrogen-bond donors (Lipinski definition) is 0. The summed E-state index contributed by atoms with van der Waals surface area (Å²) in [5, 5.41) is 0. The Kier molecular flexibility index (Phi) is 19.7. The SMILES string of the molecule is CC(=O)N(C)C.CC(=S)N(C)C.CN(C)P(C)(C)=O.CN(C)S(C)(=O)=O. The molecule has 26 heavy (non-hydrogen) atoms. The first kappa shape index (κ1) is 33.1. The molecule has 0 aliphatic heterocycles. The molecule has 0 rings (SSSR count). The Hall–Kier alpha value is -0.540. The van der Waals surface area contributed by atoms with Crippen LogP contribution in [-0.4, -0.2) is 114 Å². The zero-order chi connectivity index (χ0) is 22.5. The van der Waals surface area contributed by atoms with Gasteiger partial charge >= 0.3 is 0 Å². The monoisotopic (exact) mass is 434 g/mol. The van der Waals surface area contributed by atoms with Gasteiger partial charge in [-0.15, -0.1) is 0 Å². The molecule has 8 nitrogen and oxygen atoms in total. The molecule has 0 saturated carbocycles. The van der Waals surface area contributed by atoms with E-state index in [1.165, 1.54) is 25.9 Å². The van der Waals surface area contributed by atoms with Crippen LogP contribution < -0.4 is 0 Å². The summed E-state index contributed by atoms with van der Waals surface area (Å²) in [5.41, 5.74) is 0. The van der Waals surface area contributed by atoms with E-state index in [0.29, 0.717) is 0 Å². The van der Waals surface area contributed by atoms with Gasteiger partial charge in [-0.1, -0.05) is 12.2 Å². The number of rotatable bonds is 2. The normalized spacial score (nSPS) is 10.4. The largest absolute Gasteiger partial charge is 0.373 e. The Morgan fingerprint density at radius 2 is 1.00 bits per heavy atom. The van der Waals surface area contributed by atoms with Gasteiger partial charge in [0.1, 0.15) is 7.29 Å². The molecule has 0 heterocycles. The van der Waals surface area contributed by atoms with Crippen molar-refractivity contribution in [2.45, 2.75) is 13.8 Å². The Labute approximate surface area is 167 Å². The fourth-order valence-corrected chi connectivity index (χ4v) is 0. The molecule has 160 valence electrons. The van der Waals surface area contributed by atoms with Crippen LogP contribution in [0.1, 0.15) is 13.8 Å². The average molecular weight is 435 g/mol. The highest BCUT2D eigenvalue weighted by Crippen LogP contribution is 2.37. The highest BCUT2D eigenvalue weighted by molar-refractivity contribution is 7.88. The molecule has 0 aliphatic carbocycles. The number of sulfonamides is 1. The fraction of sp³-hybridized carbons (Fsp3) is 0.867. The second-order valence-electron chi connectivity index (χ2n) is 6.51. The molecule has 0 aromatic heterocycles. The van der Waals surface area contributed by atoms with Gasteiger partial charge < -0.3 is 14.4 Å². The molecule has 0 bridgehead atoms. The maximum Gasteiger partial charge on any atom is 0.218 e. The third kappa shape index (κ3) is 31.3. The van der Waals surface area contributed by atoms with Gasteiger partial charge in [0.2, 0.25) is 15.9 Å². The van der Waals surface area contributed by atoms with Crippen molar-refractivity contribution < 1.29 is 17.8 Å². The van der Waals surface area contributed by atoms with Crippen molar-refractivity contribution in [3.8, 4) is 0 Å². The van der Waals surface area contributed by atoms with Crippen molar-refractivity contribution in [1.82, 2.24) is 18.8 Å². The zero-order valence-corrected chi connectivity index (χ0v) is 21.2. The molecule has 0 aliphatic rings. The van der Waals surface area contributed by atoms with Crippen LogP contribution in [-0.2, 0) is 19.4 Å². The number of carbonyl (C=O) groups excluding carboxylic acids is 1. The lowest BCUT2D eigenvalue weighted by atomic mass is 10.7. The lowest BCUT2D eigenvalue weighted by molar-refractivity contribution is -0.126. The Morgan fingerprint density at radius 3 is 1.00 bits per heavy atom. The maximum atomic E-state index is 10.8. The molecule has 0 aromatic carbocycles. The van der Waals surface area contributed by atoms with Crippen molar-refractivity contribution in [3.63, 3.8) is 0 Å². The van der Waals surface area contributed by atoms with E-state index in [1.54, 1.807) is 32.1 Å². The minimum Gasteiger partial charge on any atom is -0.373 e. The summed E-state index contributed by atoms with van der Waals surface area (Å²) in [6, 6.07) is 0. The van der Waals surface area contributed by atoms with Crippen LogP contribution in [0.25, 0.3) is 0 Å². The Morgan fingerprint density at radius 1 is 0.846 bits per heavy atom. The van der Waals surface area contributed by atoms with Crippen molar-refractivity contribution >= 4 is 40.4 Å². The summed E-state index contributed by atoms with van der Waals surface area (Å²) < 4.78 is 34.3. The third-order valence-corrected chi connectivity index (χ3v) is 6.50. The van der Waals surface area contributed by atoms with Gasteiger partial charge in [0, 0.05) is 62.5 Å². The Balaban J connectivity index is -0.000000124. The summed E-state index contributed by atoms with van der Waals surface area (Å²) >= 11 is 4.75. The van der Waals surface area contributed by atoms with Crippen LogP contribution >= 0.6 is 19.5 Å². The highest BCUT2D eigenvalue weighted by atomic mass is 32.2. The summed E-state index contributed by atoms with van der Waals surface area (Å²) in [6.07, 6.45) is 1.16. The lowest BCUT2D eigenvalue weighted by Crippen LogP contribution is -2.19. The van der Waals surface area contributed by atoms with Crippen molar-refractivity contribution in [2.75, 3.05) is 76.0 Å². The lowest BCUT2D eigenvalue weighted by Gasteiger charge is -2.13. The molecule has 0 atom stereocenters. The summed E-state index contributed by atoms with van der Waals surface area (Å²) in [6.45, 7) is 6.91. The van der Waals surface area contributed by atoms with E-state index in [-0.39, 0.29) is 5.91 Å². The number of thiocarbonyl (C=S) groups is 1. The Bertz CT molecular complexity index is 524. The average Bonchev–Trinajstić information content (AvgIpc) is 2.38. The van der Waals surface area contributed by atoms with E-state index in [1.807, 2.05) is 40.0 Å². The third-order valence-electron chi connectivity index (χ3n) is 2.89. The zero-order valence-electron chi connectivity index (χ0n) is 18.7. The van der Waals surface area contributed by atoms with E-state index < -0.39 is 17.3 Å². The second kappa shape index (κ2) is 15.5. The van der Waals surface area contributed by atoms with Crippen LogP contribution in [0.15, 0.2) is 0 Å². The first-order valence-electron chi connectivity index (χ1n) is 7.63. The molecule has 0 aromatic rings. The smallest absolute Gasteiger partial charge is 0.218 e. The van der Waals surface area contributed by atoms with Crippen LogP contribution in [0.3, 0.4) is 0 Å². The quantitative estimate of drug-likeness (QED) is 0.482. The highest BCUT2D eigenvalue weighted by Gasteiger charge is 2.07. The van der Waals surface area contributed by atoms with E-state index >= 15 is 0 Å². The van der Waals surface area contributed by atoms with Crippen LogP contribution in [0.2, 0.25) is 0 Å². The molecule has 0 N–H and O–H groups in total. The molecular formula is C15H39N4O4PS2. The topological polar surface area (TPSA) is 81.2 Å². The van der Waals surface area contributed by atoms with Gasteiger partial charge in [0.25, 0.3) is 0 Å². The predicted octanol–water partition coefficient (Wildman–Crippen LogP) is 1.58. The predicted molar refractivity (Wildman–Crippen MR) is 118 cm³/mol. The molecule has 1 amide bonds. The van der Waals surface area contributed by atoms with Crippen LogP contribution in [0, 0.1) is 0 Å². The molecular weight excluding hydrogens is 395 g/mol. The minimum atomic E-state index is -2.91. The standard InChI is InChI=1S/C4H12NOP.C4H9NO.C4H9NS.C3H9NO2S/c1-5(2)7(3,4)6;2*1-4(6)5(2)3;1-4(2)7(3,5)6/h1-4H3;2*1-3H3;1-3H3. The fourth-order valence-electron chi connectivity index (χ4n) is 0. The van der Waals surface area contributed by atoms with Crippen LogP contribution in [0.5, 0.6) is 0 Å². The number of hydrogen-bond acceptors (Lipinski definition) is 5. The molecule has 0 fully saturated rings. The number of amides is 1. The number of nitrogens with zero attached hydrogens (tertiary/aromatic N) is 4. The second-order valence-corrected chi connectivity index (χ2v) is 12.7. The first-order valence-corrected chi connectivity index (χ1v) is 12.4. The van der Waals surface area contributed by atoms with E-state index in [0.717, 1.165) is 15.5 Å². The van der Waals surface area contributed by atoms with Crippen LogP contribution in [0.4, 0.5) is 0 Å². The molecule has 0 radical (unpaired) electrons. The molecule has 0 saturated heterocycles. The van der Waals surface area contributed by atoms with Gasteiger partial charge in [0.05, 0.1) is 11.2 Å². The maximum absolute atomic E-state index is 10.8. The van der Waals surface area contributed by atoms with E-state index in [4.69, 9.17) is 12.2 Å². The van der Waals surface area contributed by atoms with Crippen molar-refractivity contribution in [1.29, 1.82) is 0 Å². The van der Waals surface area contributed by atoms with E-state index in [9.17, 15) is 17.8 Å². The summed E-state index contributed by atoms with van der Waals surface area (Å²) in [7, 11) is 9.13. The van der Waals surface area contributed by atoms with Gasteiger partial charge in [0.15, 0.2) is 0 Å². The van der Waals surface area contributed by atoms with Crippen molar-refractivity contribution in [2.24, 2.45) is 0 Å². The number of carbonyl (C=O) groups is 1. The van der Waals surface area contributed by atoms with Gasteiger partial charge in [-0.05, 0) is 21.0 Å². The first-order chi connectivity index (χ1) is 11.2. The minimum absolute atomic E-state index is 0.0926. The van der Waals surface area contributed by atoms with E-state index in [2.05, 4.69) is 0 Å². The van der Waals surface area contributed by atoms with Gasteiger partial charge in [-0.3, -0.25) is 9.46 Å². The van der Waals surface area contributed by atoms with Gasteiger partial charge in [-0.2, -0.15) is 0 Å².